The topological polar surface area (TPSA) is 77.9 Å². The molecule has 0 atom stereocenters. The van der Waals surface area contributed by atoms with E-state index in [0.717, 1.165) is 27.8 Å². The van der Waals surface area contributed by atoms with Crippen molar-refractivity contribution >= 4 is 22.9 Å². The number of carbonyl (C=O) groups excluding carboxylic acids is 1. The zero-order chi connectivity index (χ0) is 21.5. The van der Waals surface area contributed by atoms with Gasteiger partial charge in [0.15, 0.2) is 0 Å². The van der Waals surface area contributed by atoms with Crippen LogP contribution in [0.1, 0.15) is 11.1 Å². The Kier molecular flexibility index (Phi) is 6.10. The van der Waals surface area contributed by atoms with Crippen LogP contribution in [0.25, 0.3) is 17.0 Å². The smallest absolute Gasteiger partial charge is 0.261 e. The second-order valence-corrected chi connectivity index (χ2v) is 7.02. The molecule has 0 aliphatic rings. The summed E-state index contributed by atoms with van der Waals surface area (Å²) < 4.78 is 5.82. The molecule has 1 amide bonds. The van der Waals surface area contributed by atoms with Gasteiger partial charge in [-0.25, -0.2) is 0 Å². The van der Waals surface area contributed by atoms with Gasteiger partial charge in [0.2, 0.25) is 0 Å². The number of aromatic nitrogens is 1. The number of H-pyrrole nitrogens is 1. The van der Waals surface area contributed by atoms with Crippen molar-refractivity contribution in [3.63, 3.8) is 0 Å². The third kappa shape index (κ3) is 5.01. The summed E-state index contributed by atoms with van der Waals surface area (Å²) in [6.45, 7) is 0.441. The lowest BCUT2D eigenvalue weighted by molar-refractivity contribution is -0.117. The Morgan fingerprint density at radius 1 is 1.00 bits per heavy atom. The van der Waals surface area contributed by atoms with Crippen molar-refractivity contribution in [3.8, 4) is 17.6 Å². The van der Waals surface area contributed by atoms with E-state index < -0.39 is 5.91 Å². The highest BCUT2D eigenvalue weighted by atomic mass is 16.5. The summed E-state index contributed by atoms with van der Waals surface area (Å²) in [7, 11) is 0. The minimum absolute atomic E-state index is 0.0517. The number of ether oxygens (including phenoxy) is 1. The maximum absolute atomic E-state index is 12.5. The molecule has 3 aromatic carbocycles. The number of fused-ring (bicyclic) bond motifs is 1. The van der Waals surface area contributed by atoms with Crippen LogP contribution in [0.3, 0.4) is 0 Å². The van der Waals surface area contributed by atoms with E-state index in [2.05, 4.69) is 10.3 Å². The average molecular weight is 407 g/mol. The van der Waals surface area contributed by atoms with E-state index in [1.54, 1.807) is 12.1 Å². The number of carbonyl (C=O) groups is 1. The second kappa shape index (κ2) is 9.47. The Hall–Kier alpha value is -4.30. The third-order valence-electron chi connectivity index (χ3n) is 4.87. The number of nitrogens with one attached hydrogen (secondary N) is 2. The Bertz CT molecular complexity index is 1270. The molecule has 5 nitrogen and oxygen atoms in total. The largest absolute Gasteiger partial charge is 0.457 e. The molecule has 1 aromatic heterocycles. The molecule has 0 saturated carbocycles. The molecule has 0 spiro atoms. The van der Waals surface area contributed by atoms with Crippen LogP contribution in [0.15, 0.2) is 90.6 Å². The Balaban J connectivity index is 1.40. The highest BCUT2D eigenvalue weighted by Crippen LogP contribution is 2.23. The van der Waals surface area contributed by atoms with Crippen molar-refractivity contribution in [2.45, 2.75) is 6.42 Å². The Morgan fingerprint density at radius 2 is 1.77 bits per heavy atom. The minimum Gasteiger partial charge on any atom is -0.457 e. The van der Waals surface area contributed by atoms with E-state index in [1.807, 2.05) is 85.1 Å². The molecular formula is C26H21N3O2. The van der Waals surface area contributed by atoms with Gasteiger partial charge >= 0.3 is 0 Å². The summed E-state index contributed by atoms with van der Waals surface area (Å²) in [5.74, 6) is 0.966. The molecule has 152 valence electrons. The first-order valence-corrected chi connectivity index (χ1v) is 10.0. The van der Waals surface area contributed by atoms with Crippen LogP contribution in [0.2, 0.25) is 0 Å². The normalized spacial score (nSPS) is 11.1. The lowest BCUT2D eigenvalue weighted by Gasteiger charge is -2.07. The first-order valence-electron chi connectivity index (χ1n) is 10.0. The fourth-order valence-corrected chi connectivity index (χ4v) is 3.35. The molecule has 0 fully saturated rings. The molecule has 0 aliphatic carbocycles. The second-order valence-electron chi connectivity index (χ2n) is 7.02. The number of aromatic amines is 1. The van der Waals surface area contributed by atoms with Gasteiger partial charge in [-0.05, 0) is 54.0 Å². The Morgan fingerprint density at radius 3 is 2.61 bits per heavy atom. The number of benzene rings is 3. The van der Waals surface area contributed by atoms with E-state index in [0.29, 0.717) is 18.7 Å². The Labute approximate surface area is 180 Å². The number of nitrogens with zero attached hydrogens (tertiary/aromatic N) is 1. The molecule has 2 N–H and O–H groups in total. The number of rotatable bonds is 7. The van der Waals surface area contributed by atoms with Crippen LogP contribution in [0, 0.1) is 11.3 Å². The predicted molar refractivity (Wildman–Crippen MR) is 122 cm³/mol. The van der Waals surface area contributed by atoms with Gasteiger partial charge in [-0.2, -0.15) is 5.26 Å². The third-order valence-corrected chi connectivity index (χ3v) is 4.87. The number of hydrogen-bond acceptors (Lipinski definition) is 3. The molecule has 0 aliphatic heterocycles. The lowest BCUT2D eigenvalue weighted by Crippen LogP contribution is -2.26. The summed E-state index contributed by atoms with van der Waals surface area (Å²) in [4.78, 5) is 15.7. The molecule has 0 bridgehead atoms. The molecule has 0 unspecified atom stereocenters. The minimum atomic E-state index is -0.392. The zero-order valence-corrected chi connectivity index (χ0v) is 16.8. The van der Waals surface area contributed by atoms with Gasteiger partial charge in [-0.1, -0.05) is 48.5 Å². The van der Waals surface area contributed by atoms with Crippen LogP contribution in [-0.4, -0.2) is 17.4 Å². The maximum Gasteiger partial charge on any atom is 0.261 e. The standard InChI is InChI=1S/C26H21N3O2/c27-17-21(15-19-7-6-10-23(16-19)31-22-8-2-1-3-9-22)26(30)28-14-13-20-18-29-25-12-5-4-11-24(20)25/h1-12,15-16,18,29H,13-14H2,(H,28,30). The van der Waals surface area contributed by atoms with Gasteiger partial charge in [0.05, 0.1) is 0 Å². The van der Waals surface area contributed by atoms with Crippen molar-refractivity contribution < 1.29 is 9.53 Å². The number of nitriles is 1. The van der Waals surface area contributed by atoms with E-state index in [4.69, 9.17) is 4.74 Å². The average Bonchev–Trinajstić information content (AvgIpc) is 3.21. The molecular weight excluding hydrogens is 386 g/mol. The van der Waals surface area contributed by atoms with Crippen LogP contribution in [-0.2, 0) is 11.2 Å². The van der Waals surface area contributed by atoms with Crippen molar-refractivity contribution in [1.29, 1.82) is 5.26 Å². The molecule has 1 heterocycles. The monoisotopic (exact) mass is 407 g/mol. The molecule has 4 rings (SSSR count). The number of hydrogen-bond donors (Lipinski definition) is 2. The summed E-state index contributed by atoms with van der Waals surface area (Å²) in [5, 5.41) is 13.4. The molecule has 4 aromatic rings. The molecule has 31 heavy (non-hydrogen) atoms. The quantitative estimate of drug-likeness (QED) is 0.325. The highest BCUT2D eigenvalue weighted by Gasteiger charge is 2.10. The summed E-state index contributed by atoms with van der Waals surface area (Å²) in [6, 6.07) is 26.8. The van der Waals surface area contributed by atoms with Gasteiger partial charge in [-0.3, -0.25) is 4.79 Å². The summed E-state index contributed by atoms with van der Waals surface area (Å²) in [5.41, 5.74) is 2.97. The predicted octanol–water partition coefficient (Wildman–Crippen LogP) is 5.23. The van der Waals surface area contributed by atoms with Gasteiger partial charge < -0.3 is 15.0 Å². The van der Waals surface area contributed by atoms with Gasteiger partial charge in [-0.15, -0.1) is 0 Å². The lowest BCUT2D eigenvalue weighted by atomic mass is 10.1. The van der Waals surface area contributed by atoms with Crippen LogP contribution in [0.4, 0.5) is 0 Å². The zero-order valence-electron chi connectivity index (χ0n) is 16.8. The fourth-order valence-electron chi connectivity index (χ4n) is 3.35. The van der Waals surface area contributed by atoms with Gasteiger partial charge in [0.1, 0.15) is 23.1 Å². The van der Waals surface area contributed by atoms with E-state index in [1.165, 1.54) is 0 Å². The maximum atomic E-state index is 12.5. The van der Waals surface area contributed by atoms with E-state index >= 15 is 0 Å². The first kappa shape index (κ1) is 20.0. The van der Waals surface area contributed by atoms with Crippen molar-refractivity contribution in [2.75, 3.05) is 6.54 Å². The highest BCUT2D eigenvalue weighted by molar-refractivity contribution is 6.01. The van der Waals surface area contributed by atoms with Gasteiger partial charge in [0.25, 0.3) is 5.91 Å². The summed E-state index contributed by atoms with van der Waals surface area (Å²) in [6.07, 6.45) is 4.20. The molecule has 0 radical (unpaired) electrons. The summed E-state index contributed by atoms with van der Waals surface area (Å²) >= 11 is 0. The van der Waals surface area contributed by atoms with Crippen molar-refractivity contribution in [3.05, 3.63) is 102 Å². The number of para-hydroxylation sites is 2. The molecule has 0 saturated heterocycles. The fraction of sp³-hybridized carbons (Fsp3) is 0.0769. The van der Waals surface area contributed by atoms with Crippen molar-refractivity contribution in [1.82, 2.24) is 10.3 Å². The van der Waals surface area contributed by atoms with E-state index in [-0.39, 0.29) is 5.57 Å². The number of amides is 1. The van der Waals surface area contributed by atoms with Crippen LogP contribution >= 0.6 is 0 Å². The van der Waals surface area contributed by atoms with Gasteiger partial charge in [0, 0.05) is 23.6 Å². The van der Waals surface area contributed by atoms with E-state index in [9.17, 15) is 10.1 Å². The first-order chi connectivity index (χ1) is 15.2. The van der Waals surface area contributed by atoms with Crippen LogP contribution < -0.4 is 10.1 Å². The SMILES string of the molecule is N#CC(=Cc1cccc(Oc2ccccc2)c1)C(=O)NCCc1c[nH]c2ccccc12. The molecule has 5 heteroatoms. The van der Waals surface area contributed by atoms with Crippen molar-refractivity contribution in [2.24, 2.45) is 0 Å². The van der Waals surface area contributed by atoms with Crippen LogP contribution in [0.5, 0.6) is 11.5 Å².